The zero-order chi connectivity index (χ0) is 18.4. The summed E-state index contributed by atoms with van der Waals surface area (Å²) in [6.07, 6.45) is 4.66. The van der Waals surface area contributed by atoms with Gasteiger partial charge in [0, 0.05) is 39.9 Å². The molecule has 7 heteroatoms. The number of ether oxygens (including phenoxy) is 3. The lowest BCUT2D eigenvalue weighted by atomic mass is 9.99. The molecule has 0 spiro atoms. The van der Waals surface area contributed by atoms with E-state index in [0.717, 1.165) is 69.1 Å². The molecule has 3 rings (SSSR count). The Kier molecular flexibility index (Phi) is 8.95. The summed E-state index contributed by atoms with van der Waals surface area (Å²) in [5, 5.41) is 3.46. The van der Waals surface area contributed by atoms with Gasteiger partial charge >= 0.3 is 0 Å². The summed E-state index contributed by atoms with van der Waals surface area (Å²) in [5.74, 6) is 3.37. The molecule has 1 saturated carbocycles. The van der Waals surface area contributed by atoms with E-state index in [1.807, 2.05) is 7.05 Å². The van der Waals surface area contributed by atoms with Crippen LogP contribution in [0, 0.1) is 5.92 Å². The number of hydrogen-bond donors (Lipinski definition) is 1. The molecule has 27 heavy (non-hydrogen) atoms. The van der Waals surface area contributed by atoms with E-state index in [0.29, 0.717) is 0 Å². The molecule has 152 valence electrons. The van der Waals surface area contributed by atoms with E-state index in [4.69, 9.17) is 14.2 Å². The Hall–Kier alpha value is -1.22. The van der Waals surface area contributed by atoms with Crippen LogP contribution in [0.25, 0.3) is 0 Å². The van der Waals surface area contributed by atoms with Crippen molar-refractivity contribution in [2.24, 2.45) is 10.9 Å². The first-order valence-corrected chi connectivity index (χ1v) is 9.52. The second kappa shape index (κ2) is 10.9. The lowest BCUT2D eigenvalue weighted by Crippen LogP contribution is -2.44. The Labute approximate surface area is 179 Å². The summed E-state index contributed by atoms with van der Waals surface area (Å²) in [4.78, 5) is 6.74. The molecular formula is C20H32IN3O3. The van der Waals surface area contributed by atoms with Crippen LogP contribution in [0.3, 0.4) is 0 Å². The Morgan fingerprint density at radius 2 is 1.89 bits per heavy atom. The summed E-state index contributed by atoms with van der Waals surface area (Å²) >= 11 is 0. The van der Waals surface area contributed by atoms with Gasteiger partial charge in [0.05, 0.1) is 14.2 Å². The van der Waals surface area contributed by atoms with Gasteiger partial charge in [0.1, 0.15) is 0 Å². The fourth-order valence-corrected chi connectivity index (χ4v) is 3.31. The molecular weight excluding hydrogens is 457 g/mol. The smallest absolute Gasteiger partial charge is 0.193 e. The zero-order valence-corrected chi connectivity index (χ0v) is 19.0. The van der Waals surface area contributed by atoms with Crippen molar-refractivity contribution in [3.8, 4) is 11.5 Å². The first-order chi connectivity index (χ1) is 12.7. The summed E-state index contributed by atoms with van der Waals surface area (Å²) in [6, 6.07) is 4.18. The maximum Gasteiger partial charge on any atom is 0.193 e. The molecule has 1 aromatic carbocycles. The van der Waals surface area contributed by atoms with E-state index >= 15 is 0 Å². The van der Waals surface area contributed by atoms with Crippen molar-refractivity contribution in [2.75, 3.05) is 47.6 Å². The number of nitrogens with zero attached hydrogens (tertiary/aromatic N) is 2. The highest BCUT2D eigenvalue weighted by Gasteiger charge is 2.22. The van der Waals surface area contributed by atoms with Gasteiger partial charge in [-0.1, -0.05) is 0 Å². The summed E-state index contributed by atoms with van der Waals surface area (Å²) in [7, 11) is 5.20. The van der Waals surface area contributed by atoms with Gasteiger partial charge in [-0.05, 0) is 54.9 Å². The maximum atomic E-state index is 5.69. The van der Waals surface area contributed by atoms with Crippen molar-refractivity contribution >= 4 is 29.9 Å². The fourth-order valence-electron chi connectivity index (χ4n) is 3.31. The monoisotopic (exact) mass is 489 g/mol. The summed E-state index contributed by atoms with van der Waals surface area (Å²) in [5.41, 5.74) is 2.59. The van der Waals surface area contributed by atoms with Crippen LogP contribution in [-0.4, -0.2) is 58.4 Å². The molecule has 0 amide bonds. The molecule has 1 heterocycles. The normalized spacial score (nSPS) is 16.4. The van der Waals surface area contributed by atoms with Crippen LogP contribution in [0.4, 0.5) is 0 Å². The predicted molar refractivity (Wildman–Crippen MR) is 119 cm³/mol. The topological polar surface area (TPSA) is 55.3 Å². The number of aliphatic imine (C=N–C) groups is 1. The quantitative estimate of drug-likeness (QED) is 0.263. The standard InChI is InChI=1S/C20H31N3O3.HI/c1-21-20(22-8-4-10-26-14-15-5-6-15)23-9-7-16-11-18(24-2)19(25-3)12-17(16)13-23;/h11-12,15H,4-10,13-14H2,1-3H3,(H,21,22);1H. The van der Waals surface area contributed by atoms with Crippen molar-refractivity contribution in [1.29, 1.82) is 0 Å². The van der Waals surface area contributed by atoms with Crippen molar-refractivity contribution < 1.29 is 14.2 Å². The predicted octanol–water partition coefficient (Wildman–Crippen LogP) is 3.07. The fraction of sp³-hybridized carbons (Fsp3) is 0.650. The van der Waals surface area contributed by atoms with E-state index < -0.39 is 0 Å². The third-order valence-corrected chi connectivity index (χ3v) is 5.03. The molecule has 1 aromatic rings. The van der Waals surface area contributed by atoms with Crippen molar-refractivity contribution in [3.63, 3.8) is 0 Å². The lowest BCUT2D eigenvalue weighted by molar-refractivity contribution is 0.122. The van der Waals surface area contributed by atoms with Gasteiger partial charge in [-0.25, -0.2) is 0 Å². The van der Waals surface area contributed by atoms with E-state index in [9.17, 15) is 0 Å². The Balaban J connectivity index is 0.00000261. The van der Waals surface area contributed by atoms with Gasteiger partial charge in [-0.15, -0.1) is 24.0 Å². The molecule has 1 aliphatic heterocycles. The Bertz CT molecular complexity index is 635. The molecule has 1 aliphatic carbocycles. The molecule has 0 aromatic heterocycles. The van der Waals surface area contributed by atoms with Gasteiger partial charge in [-0.2, -0.15) is 0 Å². The molecule has 6 nitrogen and oxygen atoms in total. The maximum absolute atomic E-state index is 5.69. The number of benzene rings is 1. The van der Waals surface area contributed by atoms with Crippen LogP contribution >= 0.6 is 24.0 Å². The minimum Gasteiger partial charge on any atom is -0.493 e. The molecule has 0 radical (unpaired) electrons. The molecule has 0 atom stereocenters. The zero-order valence-electron chi connectivity index (χ0n) is 16.6. The van der Waals surface area contributed by atoms with Crippen LogP contribution in [0.15, 0.2) is 17.1 Å². The first-order valence-electron chi connectivity index (χ1n) is 9.52. The van der Waals surface area contributed by atoms with Crippen LogP contribution < -0.4 is 14.8 Å². The molecule has 0 saturated heterocycles. The average molecular weight is 489 g/mol. The number of methoxy groups -OCH3 is 2. The largest absolute Gasteiger partial charge is 0.493 e. The summed E-state index contributed by atoms with van der Waals surface area (Å²) < 4.78 is 16.6. The SMILES string of the molecule is CN=C(NCCCOCC1CC1)N1CCc2cc(OC)c(OC)cc2C1.I. The molecule has 1 fully saturated rings. The second-order valence-corrected chi connectivity index (χ2v) is 6.99. The van der Waals surface area contributed by atoms with Gasteiger partial charge in [0.15, 0.2) is 17.5 Å². The Morgan fingerprint density at radius 1 is 1.19 bits per heavy atom. The first kappa shape index (κ1) is 22.1. The molecule has 0 unspecified atom stereocenters. The summed E-state index contributed by atoms with van der Waals surface area (Å²) in [6.45, 7) is 4.41. The third kappa shape index (κ3) is 6.14. The second-order valence-electron chi connectivity index (χ2n) is 6.99. The molecule has 1 N–H and O–H groups in total. The van der Waals surface area contributed by atoms with Gasteiger partial charge < -0.3 is 24.4 Å². The van der Waals surface area contributed by atoms with Crippen molar-refractivity contribution in [1.82, 2.24) is 10.2 Å². The van der Waals surface area contributed by atoms with Crippen LogP contribution in [0.5, 0.6) is 11.5 Å². The highest BCUT2D eigenvalue weighted by molar-refractivity contribution is 14.0. The van der Waals surface area contributed by atoms with Crippen LogP contribution in [0.2, 0.25) is 0 Å². The lowest BCUT2D eigenvalue weighted by Gasteiger charge is -2.32. The van der Waals surface area contributed by atoms with E-state index in [1.165, 1.54) is 24.0 Å². The Morgan fingerprint density at radius 3 is 2.52 bits per heavy atom. The number of nitrogens with one attached hydrogen (secondary N) is 1. The van der Waals surface area contributed by atoms with E-state index in [2.05, 4.69) is 27.3 Å². The van der Waals surface area contributed by atoms with Crippen molar-refractivity contribution in [3.05, 3.63) is 23.3 Å². The minimum atomic E-state index is 0. The minimum absolute atomic E-state index is 0. The number of rotatable bonds is 8. The highest BCUT2D eigenvalue weighted by atomic mass is 127. The van der Waals surface area contributed by atoms with Crippen LogP contribution in [-0.2, 0) is 17.7 Å². The third-order valence-electron chi connectivity index (χ3n) is 5.03. The van der Waals surface area contributed by atoms with E-state index in [-0.39, 0.29) is 24.0 Å². The van der Waals surface area contributed by atoms with Crippen LogP contribution in [0.1, 0.15) is 30.4 Å². The average Bonchev–Trinajstić information content (AvgIpc) is 3.50. The van der Waals surface area contributed by atoms with Gasteiger partial charge in [-0.3, -0.25) is 4.99 Å². The highest BCUT2D eigenvalue weighted by Crippen LogP contribution is 2.33. The number of hydrogen-bond acceptors (Lipinski definition) is 4. The molecule has 0 bridgehead atoms. The number of halogens is 1. The number of guanidine groups is 1. The number of fused-ring (bicyclic) bond motifs is 1. The van der Waals surface area contributed by atoms with Gasteiger partial charge in [0.25, 0.3) is 0 Å². The van der Waals surface area contributed by atoms with Gasteiger partial charge in [0.2, 0.25) is 0 Å². The molecule has 2 aliphatic rings. The van der Waals surface area contributed by atoms with E-state index in [1.54, 1.807) is 14.2 Å². The van der Waals surface area contributed by atoms with Crippen molar-refractivity contribution in [2.45, 2.75) is 32.2 Å².